The Bertz CT molecular complexity index is 327. The fourth-order valence-electron chi connectivity index (χ4n) is 2.58. The Hall–Kier alpha value is -1.26. The van der Waals surface area contributed by atoms with E-state index in [-0.39, 0.29) is 23.9 Å². The molecular weight excluding hydrogens is 254 g/mol. The van der Waals surface area contributed by atoms with Crippen LogP contribution in [0.15, 0.2) is 0 Å². The number of nitrogens with zero attached hydrogens (tertiary/aromatic N) is 2. The molecule has 1 heterocycles. The summed E-state index contributed by atoms with van der Waals surface area (Å²) in [5.41, 5.74) is 0. The summed E-state index contributed by atoms with van der Waals surface area (Å²) < 4.78 is 0. The molecule has 1 saturated heterocycles. The lowest BCUT2D eigenvalue weighted by molar-refractivity contribution is -0.135. The molecule has 0 unspecified atom stereocenters. The number of carbonyl (C=O) groups excluding carboxylic acids is 2. The first-order chi connectivity index (χ1) is 9.49. The van der Waals surface area contributed by atoms with Gasteiger partial charge in [0.1, 0.15) is 0 Å². The van der Waals surface area contributed by atoms with E-state index in [1.807, 2.05) is 23.6 Å². The summed E-state index contributed by atoms with van der Waals surface area (Å²) in [6.07, 6.45) is 2.64. The van der Waals surface area contributed by atoms with Crippen molar-refractivity contribution in [2.75, 3.05) is 26.2 Å². The average molecular weight is 283 g/mol. The van der Waals surface area contributed by atoms with E-state index in [2.05, 4.69) is 19.2 Å². The number of nitrogens with one attached hydrogen (secondary N) is 1. The number of amides is 3. The lowest BCUT2D eigenvalue weighted by Crippen LogP contribution is -2.45. The predicted octanol–water partition coefficient (Wildman–Crippen LogP) is 2.07. The maximum absolute atomic E-state index is 12.4. The van der Waals surface area contributed by atoms with Crippen molar-refractivity contribution < 1.29 is 9.59 Å². The zero-order valence-electron chi connectivity index (χ0n) is 13.3. The van der Waals surface area contributed by atoms with Crippen molar-refractivity contribution >= 4 is 11.9 Å². The van der Waals surface area contributed by atoms with Crippen molar-refractivity contribution in [3.8, 4) is 0 Å². The molecule has 0 spiro atoms. The van der Waals surface area contributed by atoms with Crippen molar-refractivity contribution in [2.45, 2.75) is 53.0 Å². The Morgan fingerprint density at radius 1 is 1.00 bits per heavy atom. The van der Waals surface area contributed by atoms with Crippen LogP contribution in [-0.2, 0) is 4.79 Å². The highest BCUT2D eigenvalue weighted by Gasteiger charge is 2.25. The molecule has 1 fully saturated rings. The van der Waals surface area contributed by atoms with Crippen molar-refractivity contribution in [1.82, 2.24) is 15.1 Å². The molecule has 1 aliphatic heterocycles. The van der Waals surface area contributed by atoms with Gasteiger partial charge in [0.15, 0.2) is 0 Å². The number of hydrogen-bond donors (Lipinski definition) is 1. The van der Waals surface area contributed by atoms with Crippen LogP contribution in [0, 0.1) is 5.92 Å². The van der Waals surface area contributed by atoms with E-state index < -0.39 is 0 Å². The molecule has 0 aliphatic carbocycles. The maximum Gasteiger partial charge on any atom is 0.317 e. The topological polar surface area (TPSA) is 52.7 Å². The first-order valence-electron chi connectivity index (χ1n) is 7.83. The van der Waals surface area contributed by atoms with Gasteiger partial charge in [-0.3, -0.25) is 4.79 Å². The first-order valence-corrected chi connectivity index (χ1v) is 7.83. The van der Waals surface area contributed by atoms with Crippen LogP contribution in [0.2, 0.25) is 0 Å². The molecular formula is C15H29N3O2. The van der Waals surface area contributed by atoms with Gasteiger partial charge in [0, 0.05) is 38.1 Å². The Kier molecular flexibility index (Phi) is 6.82. The van der Waals surface area contributed by atoms with Crippen LogP contribution in [0.3, 0.4) is 0 Å². The third kappa shape index (κ3) is 4.69. The van der Waals surface area contributed by atoms with Gasteiger partial charge >= 0.3 is 6.03 Å². The maximum atomic E-state index is 12.4. The highest BCUT2D eigenvalue weighted by atomic mass is 16.2. The third-order valence-electron chi connectivity index (χ3n) is 3.84. The summed E-state index contributed by atoms with van der Waals surface area (Å²) in [6, 6.07) is 0.130. The molecule has 0 atom stereocenters. The molecule has 0 aromatic heterocycles. The number of rotatable bonds is 4. The minimum absolute atomic E-state index is 0.0168. The quantitative estimate of drug-likeness (QED) is 0.859. The van der Waals surface area contributed by atoms with Crippen molar-refractivity contribution in [3.63, 3.8) is 0 Å². The Balaban J connectivity index is 2.54. The molecule has 0 aromatic carbocycles. The van der Waals surface area contributed by atoms with Gasteiger partial charge in [-0.05, 0) is 33.1 Å². The van der Waals surface area contributed by atoms with Gasteiger partial charge in [-0.15, -0.1) is 0 Å². The smallest absolute Gasteiger partial charge is 0.317 e. The molecule has 0 radical (unpaired) electrons. The molecule has 5 heteroatoms. The van der Waals surface area contributed by atoms with Crippen LogP contribution in [0.1, 0.15) is 47.0 Å². The second-order valence-electron chi connectivity index (χ2n) is 5.78. The molecule has 20 heavy (non-hydrogen) atoms. The zero-order chi connectivity index (χ0) is 15.1. The molecule has 1 aliphatic rings. The van der Waals surface area contributed by atoms with E-state index in [9.17, 15) is 9.59 Å². The van der Waals surface area contributed by atoms with Gasteiger partial charge in [-0.2, -0.15) is 0 Å². The summed E-state index contributed by atoms with van der Waals surface area (Å²) in [5.74, 6) is 0.382. The second-order valence-corrected chi connectivity index (χ2v) is 5.78. The second kappa shape index (κ2) is 8.12. The van der Waals surface area contributed by atoms with Gasteiger partial charge in [-0.1, -0.05) is 13.8 Å². The van der Waals surface area contributed by atoms with Crippen molar-refractivity contribution in [1.29, 1.82) is 0 Å². The molecule has 0 saturated carbocycles. The van der Waals surface area contributed by atoms with Crippen LogP contribution in [0.25, 0.3) is 0 Å². The molecule has 1 rings (SSSR count). The van der Waals surface area contributed by atoms with Crippen LogP contribution >= 0.6 is 0 Å². The molecule has 1 N–H and O–H groups in total. The van der Waals surface area contributed by atoms with Gasteiger partial charge in [0.25, 0.3) is 0 Å². The molecule has 3 amide bonds. The Morgan fingerprint density at radius 3 is 2.10 bits per heavy atom. The lowest BCUT2D eigenvalue weighted by Gasteiger charge is -2.25. The zero-order valence-corrected chi connectivity index (χ0v) is 13.3. The lowest BCUT2D eigenvalue weighted by atomic mass is 10.0. The van der Waals surface area contributed by atoms with E-state index in [4.69, 9.17) is 0 Å². The Morgan fingerprint density at radius 2 is 1.55 bits per heavy atom. The fourth-order valence-corrected chi connectivity index (χ4v) is 2.58. The molecule has 5 nitrogen and oxygen atoms in total. The molecule has 0 aromatic rings. The summed E-state index contributed by atoms with van der Waals surface area (Å²) >= 11 is 0. The number of urea groups is 1. The summed E-state index contributed by atoms with van der Waals surface area (Å²) in [7, 11) is 0. The van der Waals surface area contributed by atoms with E-state index in [1.165, 1.54) is 0 Å². The molecule has 0 bridgehead atoms. The summed E-state index contributed by atoms with van der Waals surface area (Å²) in [5, 5.41) is 2.91. The fraction of sp³-hybridized carbons (Fsp3) is 0.867. The van der Waals surface area contributed by atoms with Crippen LogP contribution in [0.4, 0.5) is 4.79 Å². The van der Waals surface area contributed by atoms with Gasteiger partial charge < -0.3 is 15.1 Å². The number of hydrogen-bond acceptors (Lipinski definition) is 2. The monoisotopic (exact) mass is 283 g/mol. The summed E-state index contributed by atoms with van der Waals surface area (Å²) in [6.45, 7) is 10.8. The highest BCUT2D eigenvalue weighted by molar-refractivity contribution is 5.79. The largest absolute Gasteiger partial charge is 0.341 e. The van der Waals surface area contributed by atoms with E-state index in [1.54, 1.807) is 0 Å². The number of carbonyl (C=O) groups is 2. The minimum Gasteiger partial charge on any atom is -0.341 e. The van der Waals surface area contributed by atoms with Crippen molar-refractivity contribution in [3.05, 3.63) is 0 Å². The molecule has 116 valence electrons. The average Bonchev–Trinajstić information content (AvgIpc) is 2.64. The highest BCUT2D eigenvalue weighted by Crippen LogP contribution is 2.14. The van der Waals surface area contributed by atoms with Gasteiger partial charge in [0.2, 0.25) is 5.91 Å². The normalized spacial score (nSPS) is 16.5. The predicted molar refractivity (Wildman–Crippen MR) is 80.5 cm³/mol. The first kappa shape index (κ1) is 16.8. The van der Waals surface area contributed by atoms with E-state index in [0.717, 1.165) is 32.4 Å². The van der Waals surface area contributed by atoms with Gasteiger partial charge in [0.05, 0.1) is 0 Å². The van der Waals surface area contributed by atoms with Crippen LogP contribution in [0.5, 0.6) is 0 Å². The van der Waals surface area contributed by atoms with Gasteiger partial charge in [-0.25, -0.2) is 4.79 Å². The van der Waals surface area contributed by atoms with Crippen molar-refractivity contribution in [2.24, 2.45) is 5.92 Å². The summed E-state index contributed by atoms with van der Waals surface area (Å²) in [4.78, 5) is 28.1. The van der Waals surface area contributed by atoms with Crippen LogP contribution < -0.4 is 5.32 Å². The minimum atomic E-state index is -0.0168. The SMILES string of the molecule is CCC(CC)C(=O)N1CCCN(C(=O)NC(C)C)CC1. The van der Waals surface area contributed by atoms with E-state index in [0.29, 0.717) is 13.1 Å². The standard InChI is InChI=1S/C15H29N3O2/c1-5-13(6-2)14(19)17-8-7-9-18(11-10-17)15(20)16-12(3)4/h12-13H,5-11H2,1-4H3,(H,16,20). The third-order valence-corrected chi connectivity index (χ3v) is 3.84. The van der Waals surface area contributed by atoms with Crippen LogP contribution in [-0.4, -0.2) is 54.0 Å². The Labute approximate surface area is 122 Å². The van der Waals surface area contributed by atoms with E-state index >= 15 is 0 Å².